The number of carboxylic acids is 1. The number of nitrogens with one attached hydrogen (secondary N) is 1. The molecule has 3 N–H and O–H groups in total. The molecule has 9 heteroatoms. The van der Waals surface area contributed by atoms with Gasteiger partial charge in [0.15, 0.2) is 6.23 Å². The van der Waals surface area contributed by atoms with Gasteiger partial charge in [-0.25, -0.2) is 0 Å². The SMILES string of the molecule is C=NC(COc1cccc(C(=O)NCCN)c1)OCCOCC(=O)[O-]. The Morgan fingerprint density at radius 3 is 2.84 bits per heavy atom. The number of carbonyl (C=O) groups excluding carboxylic acids is 2. The molecule has 0 spiro atoms. The van der Waals surface area contributed by atoms with E-state index in [-0.39, 0.29) is 25.7 Å². The molecular formula is C16H22N3O6-. The van der Waals surface area contributed by atoms with Gasteiger partial charge in [-0.05, 0) is 24.9 Å². The van der Waals surface area contributed by atoms with Crippen LogP contribution in [0.5, 0.6) is 5.75 Å². The maximum Gasteiger partial charge on any atom is 0.251 e. The number of hydrogen-bond acceptors (Lipinski definition) is 8. The van der Waals surface area contributed by atoms with E-state index in [0.29, 0.717) is 24.4 Å². The Bertz CT molecular complexity index is 567. The van der Waals surface area contributed by atoms with E-state index in [1.54, 1.807) is 24.3 Å². The van der Waals surface area contributed by atoms with Gasteiger partial charge in [0.2, 0.25) is 0 Å². The van der Waals surface area contributed by atoms with Crippen molar-refractivity contribution in [2.24, 2.45) is 10.7 Å². The highest BCUT2D eigenvalue weighted by atomic mass is 16.6. The first-order valence-electron chi connectivity index (χ1n) is 7.63. The number of hydrogen-bond donors (Lipinski definition) is 2. The average Bonchev–Trinajstić information content (AvgIpc) is 2.61. The summed E-state index contributed by atoms with van der Waals surface area (Å²) in [4.78, 5) is 25.8. The molecule has 1 atom stereocenters. The van der Waals surface area contributed by atoms with Crippen molar-refractivity contribution in [3.05, 3.63) is 29.8 Å². The molecule has 0 aliphatic rings. The number of nitrogens with zero attached hydrogens (tertiary/aromatic N) is 1. The van der Waals surface area contributed by atoms with Crippen LogP contribution in [0.4, 0.5) is 0 Å². The second-order valence-electron chi connectivity index (χ2n) is 4.82. The summed E-state index contributed by atoms with van der Waals surface area (Å²) in [5.74, 6) is -1.06. The molecule has 1 aromatic carbocycles. The fourth-order valence-electron chi connectivity index (χ4n) is 1.73. The third-order valence-corrected chi connectivity index (χ3v) is 2.88. The van der Waals surface area contributed by atoms with Crippen LogP contribution >= 0.6 is 0 Å². The van der Waals surface area contributed by atoms with Gasteiger partial charge in [0.1, 0.15) is 12.4 Å². The highest BCUT2D eigenvalue weighted by Gasteiger charge is 2.09. The van der Waals surface area contributed by atoms with Gasteiger partial charge < -0.3 is 35.2 Å². The summed E-state index contributed by atoms with van der Waals surface area (Å²) >= 11 is 0. The molecule has 1 aromatic rings. The van der Waals surface area contributed by atoms with Gasteiger partial charge in [-0.3, -0.25) is 9.79 Å². The van der Waals surface area contributed by atoms with E-state index in [0.717, 1.165) is 0 Å². The highest BCUT2D eigenvalue weighted by Crippen LogP contribution is 2.14. The molecule has 0 heterocycles. The van der Waals surface area contributed by atoms with Gasteiger partial charge in [-0.1, -0.05) is 6.07 Å². The number of carbonyl (C=O) groups is 2. The van der Waals surface area contributed by atoms with Crippen LogP contribution in [0.1, 0.15) is 10.4 Å². The van der Waals surface area contributed by atoms with Crippen molar-refractivity contribution in [1.29, 1.82) is 0 Å². The largest absolute Gasteiger partial charge is 0.548 e. The van der Waals surface area contributed by atoms with E-state index >= 15 is 0 Å². The normalized spacial score (nSPS) is 11.6. The molecule has 0 aromatic heterocycles. The first-order chi connectivity index (χ1) is 12.1. The molecular weight excluding hydrogens is 330 g/mol. The second-order valence-corrected chi connectivity index (χ2v) is 4.82. The van der Waals surface area contributed by atoms with Crippen LogP contribution in [-0.2, 0) is 14.3 Å². The molecule has 1 unspecified atom stereocenters. The van der Waals surface area contributed by atoms with Crippen LogP contribution in [0.3, 0.4) is 0 Å². The lowest BCUT2D eigenvalue weighted by atomic mass is 10.2. The van der Waals surface area contributed by atoms with Crippen LogP contribution < -0.4 is 20.9 Å². The quantitative estimate of drug-likeness (QED) is 0.328. The van der Waals surface area contributed by atoms with Gasteiger partial charge >= 0.3 is 0 Å². The van der Waals surface area contributed by atoms with Gasteiger partial charge in [0.25, 0.3) is 5.91 Å². The summed E-state index contributed by atoms with van der Waals surface area (Å²) in [6.45, 7) is 3.95. The molecule has 0 aliphatic heterocycles. The van der Waals surface area contributed by atoms with Crippen LogP contribution in [0.2, 0.25) is 0 Å². The van der Waals surface area contributed by atoms with E-state index in [9.17, 15) is 14.7 Å². The van der Waals surface area contributed by atoms with Crippen molar-refractivity contribution in [2.75, 3.05) is 39.5 Å². The minimum absolute atomic E-state index is 0.0802. The van der Waals surface area contributed by atoms with Crippen molar-refractivity contribution in [3.63, 3.8) is 0 Å². The molecule has 0 saturated heterocycles. The zero-order valence-corrected chi connectivity index (χ0v) is 13.8. The molecule has 0 aliphatic carbocycles. The highest BCUT2D eigenvalue weighted by molar-refractivity contribution is 5.94. The number of carboxylic acid groups (broad SMARTS) is 1. The maximum absolute atomic E-state index is 11.9. The van der Waals surface area contributed by atoms with Crippen molar-refractivity contribution in [1.82, 2.24) is 5.32 Å². The molecule has 138 valence electrons. The topological polar surface area (TPSA) is 135 Å². The van der Waals surface area contributed by atoms with Crippen LogP contribution in [0.15, 0.2) is 29.3 Å². The first kappa shape index (κ1) is 20.6. The van der Waals surface area contributed by atoms with Crippen molar-refractivity contribution in [3.8, 4) is 5.75 Å². The Hall–Kier alpha value is -2.49. The summed E-state index contributed by atoms with van der Waals surface area (Å²) < 4.78 is 15.7. The molecule has 1 rings (SSSR count). The molecule has 9 nitrogen and oxygen atoms in total. The van der Waals surface area contributed by atoms with Crippen LogP contribution in [0, 0.1) is 0 Å². The van der Waals surface area contributed by atoms with Gasteiger partial charge in [-0.2, -0.15) is 0 Å². The zero-order valence-electron chi connectivity index (χ0n) is 13.8. The zero-order chi connectivity index (χ0) is 18.5. The van der Waals surface area contributed by atoms with Gasteiger partial charge in [-0.15, -0.1) is 0 Å². The number of ether oxygens (including phenoxy) is 3. The number of rotatable bonds is 13. The predicted molar refractivity (Wildman–Crippen MR) is 88.4 cm³/mol. The Morgan fingerprint density at radius 2 is 2.16 bits per heavy atom. The third-order valence-electron chi connectivity index (χ3n) is 2.88. The maximum atomic E-state index is 11.9. The van der Waals surface area contributed by atoms with E-state index in [1.165, 1.54) is 0 Å². The first-order valence-corrected chi connectivity index (χ1v) is 7.63. The van der Waals surface area contributed by atoms with Crippen molar-refractivity contribution >= 4 is 18.6 Å². The minimum atomic E-state index is -1.29. The van der Waals surface area contributed by atoms with Crippen molar-refractivity contribution in [2.45, 2.75) is 6.23 Å². The minimum Gasteiger partial charge on any atom is -0.548 e. The molecule has 0 bridgehead atoms. The van der Waals surface area contributed by atoms with E-state index in [4.69, 9.17) is 19.9 Å². The number of aliphatic imine (C=N–C) groups is 1. The molecule has 0 radical (unpaired) electrons. The smallest absolute Gasteiger partial charge is 0.251 e. The van der Waals surface area contributed by atoms with Crippen molar-refractivity contribution < 1.29 is 28.9 Å². The number of benzene rings is 1. The van der Waals surface area contributed by atoms with E-state index in [1.807, 2.05) is 0 Å². The summed E-state index contributed by atoms with van der Waals surface area (Å²) in [5.41, 5.74) is 5.79. The average molecular weight is 352 g/mol. The summed E-state index contributed by atoms with van der Waals surface area (Å²) in [7, 11) is 0. The van der Waals surface area contributed by atoms with E-state index in [2.05, 4.69) is 17.0 Å². The Morgan fingerprint density at radius 1 is 1.36 bits per heavy atom. The number of aliphatic carboxylic acids is 1. The van der Waals surface area contributed by atoms with E-state index < -0.39 is 18.8 Å². The standard InChI is InChI=1S/C16H23N3O6/c1-18-14(24-8-7-23-11-15(20)21)10-25-13-4-2-3-12(9-13)16(22)19-6-5-17/h2-4,9,14H,1,5-8,10-11,17H2,(H,19,22)(H,20,21)/p-1. The fraction of sp³-hybridized carbons (Fsp3) is 0.438. The van der Waals surface area contributed by atoms with Crippen LogP contribution in [0.25, 0.3) is 0 Å². The lowest BCUT2D eigenvalue weighted by Crippen LogP contribution is -2.29. The Kier molecular flexibility index (Phi) is 9.83. The summed E-state index contributed by atoms with van der Waals surface area (Å²) in [6, 6.07) is 6.64. The summed E-state index contributed by atoms with van der Waals surface area (Å²) in [5, 5.41) is 12.9. The second kappa shape index (κ2) is 12.0. The number of amides is 1. The Labute approximate surface area is 145 Å². The molecule has 0 saturated carbocycles. The predicted octanol–water partition coefficient (Wildman–Crippen LogP) is -1.44. The molecule has 25 heavy (non-hydrogen) atoms. The molecule has 0 fully saturated rings. The van der Waals surface area contributed by atoms with Gasteiger partial charge in [0.05, 0.1) is 25.8 Å². The monoisotopic (exact) mass is 352 g/mol. The number of nitrogens with two attached hydrogens (primary N) is 1. The lowest BCUT2D eigenvalue weighted by Gasteiger charge is -2.15. The molecule has 1 amide bonds. The lowest BCUT2D eigenvalue weighted by molar-refractivity contribution is -0.309. The van der Waals surface area contributed by atoms with Gasteiger partial charge in [0, 0.05) is 18.7 Å². The summed E-state index contributed by atoms with van der Waals surface area (Å²) in [6.07, 6.45) is -0.652. The fourth-order valence-corrected chi connectivity index (χ4v) is 1.73. The van der Waals surface area contributed by atoms with Crippen LogP contribution in [-0.4, -0.2) is 64.3 Å². The third kappa shape index (κ3) is 8.80. The Balaban J connectivity index is 2.40.